The Labute approximate surface area is 97.0 Å². The van der Waals surface area contributed by atoms with Crippen molar-refractivity contribution in [3.63, 3.8) is 0 Å². The first-order valence-corrected chi connectivity index (χ1v) is 5.89. The molecule has 0 amide bonds. The molecule has 0 atom stereocenters. The molecule has 0 aromatic carbocycles. The maximum atomic E-state index is 5.36. The molecule has 16 heavy (non-hydrogen) atoms. The quantitative estimate of drug-likeness (QED) is 0.610. The molecule has 0 aliphatic carbocycles. The third-order valence-electron chi connectivity index (χ3n) is 2.07. The van der Waals surface area contributed by atoms with Crippen molar-refractivity contribution in [3.8, 4) is 0 Å². The van der Waals surface area contributed by atoms with Gasteiger partial charge in [0.25, 0.3) is 0 Å². The van der Waals surface area contributed by atoms with Crippen molar-refractivity contribution in [2.75, 3.05) is 66.1 Å². The van der Waals surface area contributed by atoms with Gasteiger partial charge in [0.05, 0.1) is 52.9 Å². The van der Waals surface area contributed by atoms with Crippen molar-refractivity contribution < 1.29 is 23.7 Å². The van der Waals surface area contributed by atoms with E-state index in [2.05, 4.69) is 0 Å². The topological polar surface area (TPSA) is 46.2 Å². The molecule has 1 saturated heterocycles. The van der Waals surface area contributed by atoms with Crippen LogP contribution in [0, 0.1) is 0 Å². The summed E-state index contributed by atoms with van der Waals surface area (Å²) in [5.41, 5.74) is 0. The third kappa shape index (κ3) is 9.06. The zero-order valence-corrected chi connectivity index (χ0v) is 9.82. The molecular formula is C11H22O5. The molecule has 0 aromatic heterocycles. The van der Waals surface area contributed by atoms with E-state index in [-0.39, 0.29) is 0 Å². The van der Waals surface area contributed by atoms with Crippen LogP contribution in [0.2, 0.25) is 0 Å². The van der Waals surface area contributed by atoms with E-state index in [1.807, 2.05) is 0 Å². The lowest BCUT2D eigenvalue weighted by Crippen LogP contribution is -2.15. The van der Waals surface area contributed by atoms with E-state index in [1.54, 1.807) is 0 Å². The van der Waals surface area contributed by atoms with Gasteiger partial charge in [-0.05, 0) is 6.42 Å². The zero-order valence-electron chi connectivity index (χ0n) is 9.82. The molecule has 1 aliphatic rings. The highest BCUT2D eigenvalue weighted by molar-refractivity contribution is 4.39. The van der Waals surface area contributed by atoms with Crippen molar-refractivity contribution in [1.82, 2.24) is 0 Å². The van der Waals surface area contributed by atoms with E-state index in [9.17, 15) is 0 Å². The molecule has 1 fully saturated rings. The fraction of sp³-hybridized carbons (Fsp3) is 1.00. The van der Waals surface area contributed by atoms with Crippen LogP contribution in [0.15, 0.2) is 0 Å². The summed E-state index contributed by atoms with van der Waals surface area (Å²) in [5, 5.41) is 0. The van der Waals surface area contributed by atoms with Crippen LogP contribution in [0.4, 0.5) is 0 Å². The summed E-state index contributed by atoms with van der Waals surface area (Å²) in [5.74, 6) is 0. The Bertz CT molecular complexity index is 78.3. The van der Waals surface area contributed by atoms with E-state index in [0.717, 1.165) is 19.6 Å². The highest BCUT2D eigenvalue weighted by Gasteiger charge is 1.95. The van der Waals surface area contributed by atoms with Gasteiger partial charge in [-0.25, -0.2) is 0 Å². The van der Waals surface area contributed by atoms with Crippen molar-refractivity contribution in [2.45, 2.75) is 6.42 Å². The highest BCUT2D eigenvalue weighted by Crippen LogP contribution is 1.88. The van der Waals surface area contributed by atoms with Gasteiger partial charge in [0.1, 0.15) is 0 Å². The molecule has 1 aliphatic heterocycles. The summed E-state index contributed by atoms with van der Waals surface area (Å²) in [7, 11) is 0. The van der Waals surface area contributed by atoms with Crippen molar-refractivity contribution in [1.29, 1.82) is 0 Å². The first-order chi connectivity index (χ1) is 8.00. The van der Waals surface area contributed by atoms with Crippen LogP contribution in [-0.4, -0.2) is 66.1 Å². The Morgan fingerprint density at radius 2 is 0.562 bits per heavy atom. The molecular weight excluding hydrogens is 212 g/mol. The van der Waals surface area contributed by atoms with Crippen LogP contribution >= 0.6 is 0 Å². The minimum atomic E-state index is 0.611. The lowest BCUT2D eigenvalue weighted by atomic mass is 10.5. The Kier molecular flexibility index (Phi) is 9.78. The molecule has 0 N–H and O–H groups in total. The molecule has 0 radical (unpaired) electrons. The lowest BCUT2D eigenvalue weighted by molar-refractivity contribution is -0.0210. The van der Waals surface area contributed by atoms with E-state index in [1.165, 1.54) is 0 Å². The van der Waals surface area contributed by atoms with Gasteiger partial charge in [-0.15, -0.1) is 0 Å². The summed E-state index contributed by atoms with van der Waals surface area (Å²) in [6.45, 7) is 6.44. The molecule has 1 rings (SSSR count). The maximum Gasteiger partial charge on any atom is 0.0701 e. The van der Waals surface area contributed by atoms with Crippen LogP contribution in [0.5, 0.6) is 0 Å². The molecule has 0 bridgehead atoms. The van der Waals surface area contributed by atoms with Gasteiger partial charge in [-0.3, -0.25) is 0 Å². The Hall–Kier alpha value is -0.200. The van der Waals surface area contributed by atoms with Crippen LogP contribution in [0.1, 0.15) is 6.42 Å². The van der Waals surface area contributed by atoms with Gasteiger partial charge in [-0.2, -0.15) is 0 Å². The van der Waals surface area contributed by atoms with Crippen LogP contribution in [-0.2, 0) is 23.7 Å². The molecule has 0 unspecified atom stereocenters. The summed E-state index contributed by atoms with van der Waals surface area (Å²) >= 11 is 0. The Morgan fingerprint density at radius 1 is 0.312 bits per heavy atom. The average molecular weight is 234 g/mol. The maximum absolute atomic E-state index is 5.36. The van der Waals surface area contributed by atoms with Crippen LogP contribution < -0.4 is 0 Å². The minimum absolute atomic E-state index is 0.611. The SMILES string of the molecule is C1COCCOCCOCCOCCOC1. The number of ether oxygens (including phenoxy) is 5. The molecule has 1 heterocycles. The summed E-state index contributed by atoms with van der Waals surface area (Å²) in [6.07, 6.45) is 0.920. The normalized spacial score (nSPS) is 24.0. The lowest BCUT2D eigenvalue weighted by Gasteiger charge is -2.09. The van der Waals surface area contributed by atoms with Gasteiger partial charge in [0, 0.05) is 13.2 Å². The van der Waals surface area contributed by atoms with E-state index in [0.29, 0.717) is 52.9 Å². The largest absolute Gasteiger partial charge is 0.379 e. The summed E-state index contributed by atoms with van der Waals surface area (Å²) < 4.78 is 26.6. The van der Waals surface area contributed by atoms with Gasteiger partial charge in [-0.1, -0.05) is 0 Å². The fourth-order valence-corrected chi connectivity index (χ4v) is 1.24. The number of hydrogen-bond acceptors (Lipinski definition) is 5. The zero-order chi connectivity index (χ0) is 11.3. The van der Waals surface area contributed by atoms with Crippen molar-refractivity contribution >= 4 is 0 Å². The molecule has 5 heteroatoms. The number of hydrogen-bond donors (Lipinski definition) is 0. The second-order valence-electron chi connectivity index (χ2n) is 3.42. The van der Waals surface area contributed by atoms with Gasteiger partial charge in [0.15, 0.2) is 0 Å². The molecule has 0 saturated carbocycles. The first-order valence-electron chi connectivity index (χ1n) is 5.89. The second-order valence-corrected chi connectivity index (χ2v) is 3.42. The van der Waals surface area contributed by atoms with Gasteiger partial charge in [0.2, 0.25) is 0 Å². The monoisotopic (exact) mass is 234 g/mol. The first kappa shape index (κ1) is 13.9. The smallest absolute Gasteiger partial charge is 0.0701 e. The second kappa shape index (κ2) is 11.3. The van der Waals surface area contributed by atoms with Crippen molar-refractivity contribution in [2.24, 2.45) is 0 Å². The van der Waals surface area contributed by atoms with Crippen molar-refractivity contribution in [3.05, 3.63) is 0 Å². The Morgan fingerprint density at radius 3 is 0.875 bits per heavy atom. The third-order valence-corrected chi connectivity index (χ3v) is 2.07. The van der Waals surface area contributed by atoms with Crippen LogP contribution in [0.3, 0.4) is 0 Å². The Balaban J connectivity index is 2.00. The van der Waals surface area contributed by atoms with E-state index < -0.39 is 0 Å². The van der Waals surface area contributed by atoms with Gasteiger partial charge < -0.3 is 23.7 Å². The van der Waals surface area contributed by atoms with E-state index >= 15 is 0 Å². The van der Waals surface area contributed by atoms with E-state index in [4.69, 9.17) is 23.7 Å². The summed E-state index contributed by atoms with van der Waals surface area (Å²) in [6, 6.07) is 0. The van der Waals surface area contributed by atoms with Gasteiger partial charge >= 0.3 is 0 Å². The standard InChI is InChI=1S/C11H22O5/c1-2-12-4-6-14-8-10-16-11-9-15-7-5-13-3-1/h1-11H2. The minimum Gasteiger partial charge on any atom is -0.379 e. The average Bonchev–Trinajstić information content (AvgIpc) is 2.29. The van der Waals surface area contributed by atoms with Crippen LogP contribution in [0.25, 0.3) is 0 Å². The predicted octanol–water partition coefficient (Wildman–Crippen LogP) is 0.473. The fourth-order valence-electron chi connectivity index (χ4n) is 1.24. The predicted molar refractivity (Wildman–Crippen MR) is 58.7 cm³/mol. The summed E-state index contributed by atoms with van der Waals surface area (Å²) in [4.78, 5) is 0. The molecule has 0 aromatic rings. The molecule has 5 nitrogen and oxygen atoms in total. The number of rotatable bonds is 0. The highest BCUT2D eigenvalue weighted by atomic mass is 16.6. The molecule has 0 spiro atoms. The molecule has 96 valence electrons.